The van der Waals surface area contributed by atoms with Crippen molar-refractivity contribution in [1.82, 2.24) is 5.32 Å². The molecule has 0 aliphatic rings. The first-order chi connectivity index (χ1) is 9.69. The summed E-state index contributed by atoms with van der Waals surface area (Å²) in [6.07, 6.45) is -0.588. The van der Waals surface area contributed by atoms with E-state index in [-0.39, 0.29) is 17.9 Å². The predicted octanol–water partition coefficient (Wildman–Crippen LogP) is 2.90. The van der Waals surface area contributed by atoms with Gasteiger partial charge in [0.1, 0.15) is 11.4 Å². The van der Waals surface area contributed by atoms with Gasteiger partial charge < -0.3 is 10.1 Å². The van der Waals surface area contributed by atoms with Crippen LogP contribution in [0.3, 0.4) is 0 Å². The van der Waals surface area contributed by atoms with Crippen molar-refractivity contribution in [2.45, 2.75) is 33.3 Å². The van der Waals surface area contributed by atoms with E-state index in [2.05, 4.69) is 17.2 Å². The van der Waals surface area contributed by atoms with Crippen molar-refractivity contribution in [3.63, 3.8) is 0 Å². The highest BCUT2D eigenvalue weighted by molar-refractivity contribution is 5.94. The lowest BCUT2D eigenvalue weighted by atomic mass is 10.1. The molecule has 0 spiro atoms. The Kier molecular flexibility index (Phi) is 5.48. The summed E-state index contributed by atoms with van der Waals surface area (Å²) < 4.78 is 18.5. The highest BCUT2D eigenvalue weighted by Crippen LogP contribution is 2.10. The molecule has 1 aromatic carbocycles. The summed E-state index contributed by atoms with van der Waals surface area (Å²) in [4.78, 5) is 22.6. The molecule has 21 heavy (non-hydrogen) atoms. The summed E-state index contributed by atoms with van der Waals surface area (Å²) in [7, 11) is 0. The van der Waals surface area contributed by atoms with E-state index in [1.54, 1.807) is 20.8 Å². The zero-order valence-electron chi connectivity index (χ0n) is 12.5. The van der Waals surface area contributed by atoms with Crippen molar-refractivity contribution in [2.75, 3.05) is 6.54 Å². The predicted molar refractivity (Wildman–Crippen MR) is 77.5 cm³/mol. The fourth-order valence-corrected chi connectivity index (χ4v) is 1.41. The zero-order chi connectivity index (χ0) is 16.0. The van der Waals surface area contributed by atoms with Gasteiger partial charge in [-0.15, -0.1) is 0 Å². The van der Waals surface area contributed by atoms with Crippen LogP contribution in [0.1, 0.15) is 43.6 Å². The van der Waals surface area contributed by atoms with E-state index >= 15 is 0 Å². The molecule has 0 aliphatic carbocycles. The first-order valence-corrected chi connectivity index (χ1v) is 6.45. The van der Waals surface area contributed by atoms with E-state index in [1.807, 2.05) is 0 Å². The first-order valence-electron chi connectivity index (χ1n) is 6.45. The van der Waals surface area contributed by atoms with Crippen LogP contribution in [-0.2, 0) is 4.74 Å². The molecule has 112 valence electrons. The molecule has 0 radical (unpaired) electrons. The average molecular weight is 291 g/mol. The van der Waals surface area contributed by atoms with E-state index in [0.29, 0.717) is 5.56 Å². The monoisotopic (exact) mass is 291 g/mol. The number of alkyl carbamates (subject to hydrolysis) is 1. The van der Waals surface area contributed by atoms with E-state index in [0.717, 1.165) is 0 Å². The lowest BCUT2D eigenvalue weighted by Gasteiger charge is -2.18. The van der Waals surface area contributed by atoms with Crippen LogP contribution in [0, 0.1) is 17.7 Å². The van der Waals surface area contributed by atoms with Crippen LogP contribution in [-0.4, -0.2) is 24.0 Å². The van der Waals surface area contributed by atoms with Crippen LogP contribution in [0.5, 0.6) is 0 Å². The van der Waals surface area contributed by atoms with Crippen LogP contribution in [0.25, 0.3) is 0 Å². The van der Waals surface area contributed by atoms with Crippen LogP contribution >= 0.6 is 0 Å². The Balaban J connectivity index is 2.65. The minimum absolute atomic E-state index is 0.0264. The van der Waals surface area contributed by atoms with Gasteiger partial charge in [-0.1, -0.05) is 11.8 Å². The van der Waals surface area contributed by atoms with Gasteiger partial charge in [-0.3, -0.25) is 4.79 Å². The molecule has 0 aliphatic heterocycles. The van der Waals surface area contributed by atoms with E-state index < -0.39 is 17.5 Å². The molecule has 0 atom stereocenters. The molecule has 4 nitrogen and oxygen atoms in total. The highest BCUT2D eigenvalue weighted by atomic mass is 19.1. The number of hydrogen-bond donors (Lipinski definition) is 1. The number of halogens is 1. The van der Waals surface area contributed by atoms with Crippen molar-refractivity contribution >= 4 is 11.9 Å². The van der Waals surface area contributed by atoms with Crippen molar-refractivity contribution in [3.05, 3.63) is 35.1 Å². The van der Waals surface area contributed by atoms with Crippen LogP contribution < -0.4 is 5.32 Å². The first kappa shape index (κ1) is 16.7. The molecular weight excluding hydrogens is 273 g/mol. The Morgan fingerprint density at radius 2 is 2.00 bits per heavy atom. The molecular formula is C16H18FNO3. The van der Waals surface area contributed by atoms with Gasteiger partial charge in [0, 0.05) is 5.56 Å². The van der Waals surface area contributed by atoms with Gasteiger partial charge >= 0.3 is 6.09 Å². The summed E-state index contributed by atoms with van der Waals surface area (Å²) in [6.45, 7) is 6.68. The molecule has 0 saturated heterocycles. The van der Waals surface area contributed by atoms with Crippen LogP contribution in [0.15, 0.2) is 18.2 Å². The lowest BCUT2D eigenvalue weighted by molar-refractivity contribution is 0.0535. The number of nitrogens with one attached hydrogen (secondary N) is 1. The molecule has 0 bridgehead atoms. The van der Waals surface area contributed by atoms with Crippen LogP contribution in [0.4, 0.5) is 9.18 Å². The normalized spacial score (nSPS) is 10.3. The Morgan fingerprint density at radius 3 is 2.57 bits per heavy atom. The summed E-state index contributed by atoms with van der Waals surface area (Å²) in [5.41, 5.74) is -0.0751. The lowest BCUT2D eigenvalue weighted by Crippen LogP contribution is -2.32. The third-order valence-electron chi connectivity index (χ3n) is 2.32. The summed E-state index contributed by atoms with van der Waals surface area (Å²) in [5, 5.41) is 2.44. The third-order valence-corrected chi connectivity index (χ3v) is 2.32. The number of hydrogen-bond acceptors (Lipinski definition) is 3. The number of rotatable bonds is 2. The van der Waals surface area contributed by atoms with Gasteiger partial charge in [-0.25, -0.2) is 9.18 Å². The largest absolute Gasteiger partial charge is 0.444 e. The van der Waals surface area contributed by atoms with Crippen molar-refractivity contribution < 1.29 is 18.7 Å². The molecule has 0 fully saturated rings. The van der Waals surface area contributed by atoms with Gasteiger partial charge in [0.15, 0.2) is 5.78 Å². The SMILES string of the molecule is CC(=O)c1ccc(F)c(C#CCNC(=O)OC(C)(C)C)c1. The summed E-state index contributed by atoms with van der Waals surface area (Å²) in [6, 6.07) is 3.99. The Bertz CT molecular complexity index is 606. The average Bonchev–Trinajstić information content (AvgIpc) is 2.34. The number of benzene rings is 1. The van der Waals surface area contributed by atoms with Gasteiger partial charge in [-0.2, -0.15) is 0 Å². The number of ketones is 1. The third kappa shape index (κ3) is 6.09. The van der Waals surface area contributed by atoms with Gasteiger partial charge in [0.2, 0.25) is 0 Å². The number of carbonyl (C=O) groups excluding carboxylic acids is 2. The van der Waals surface area contributed by atoms with Crippen molar-refractivity contribution in [3.8, 4) is 11.8 Å². The standard InChI is InChI=1S/C16H18FNO3/c1-11(19)12-7-8-14(17)13(10-12)6-5-9-18-15(20)21-16(2,3)4/h7-8,10H,9H2,1-4H3,(H,18,20). The molecule has 1 aromatic rings. The number of Topliss-reactive ketones (excluding diaryl/α,β-unsaturated/α-hetero) is 1. The van der Waals surface area contributed by atoms with E-state index in [4.69, 9.17) is 4.74 Å². The number of amides is 1. The maximum atomic E-state index is 13.5. The topological polar surface area (TPSA) is 55.4 Å². The van der Waals surface area contributed by atoms with Crippen molar-refractivity contribution in [1.29, 1.82) is 0 Å². The second-order valence-electron chi connectivity index (χ2n) is 5.41. The maximum Gasteiger partial charge on any atom is 0.408 e. The fraction of sp³-hybridized carbons (Fsp3) is 0.375. The summed E-state index contributed by atoms with van der Waals surface area (Å²) >= 11 is 0. The van der Waals surface area contributed by atoms with Crippen LogP contribution in [0.2, 0.25) is 0 Å². The maximum absolute atomic E-state index is 13.5. The Morgan fingerprint density at radius 1 is 1.33 bits per heavy atom. The van der Waals surface area contributed by atoms with Gasteiger partial charge in [-0.05, 0) is 45.9 Å². The van der Waals surface area contributed by atoms with Gasteiger partial charge in [0.05, 0.1) is 12.1 Å². The number of ether oxygens (including phenoxy) is 1. The quantitative estimate of drug-likeness (QED) is 0.673. The number of carbonyl (C=O) groups is 2. The van der Waals surface area contributed by atoms with Crippen molar-refractivity contribution in [2.24, 2.45) is 0 Å². The summed E-state index contributed by atoms with van der Waals surface area (Å²) in [5.74, 6) is 4.52. The second kappa shape index (κ2) is 6.89. The van der Waals surface area contributed by atoms with E-state index in [9.17, 15) is 14.0 Å². The van der Waals surface area contributed by atoms with Gasteiger partial charge in [0.25, 0.3) is 0 Å². The minimum Gasteiger partial charge on any atom is -0.444 e. The molecule has 0 unspecified atom stereocenters. The Labute approximate surface area is 123 Å². The molecule has 1 rings (SSSR count). The second-order valence-corrected chi connectivity index (χ2v) is 5.41. The molecule has 0 heterocycles. The molecule has 5 heteroatoms. The molecule has 0 saturated carbocycles. The molecule has 1 N–H and O–H groups in total. The minimum atomic E-state index is -0.588. The fourth-order valence-electron chi connectivity index (χ4n) is 1.41. The zero-order valence-corrected chi connectivity index (χ0v) is 12.5. The highest BCUT2D eigenvalue weighted by Gasteiger charge is 2.15. The smallest absolute Gasteiger partial charge is 0.408 e. The Hall–Kier alpha value is -2.35. The van der Waals surface area contributed by atoms with E-state index in [1.165, 1.54) is 25.1 Å². The molecule has 0 aromatic heterocycles. The molecule has 1 amide bonds.